The molecule has 2 atom stereocenters. The zero-order valence-electron chi connectivity index (χ0n) is 12.7. The quantitative estimate of drug-likeness (QED) is 0.663. The number of nitrogens with two attached hydrogens (primary N) is 1. The van der Waals surface area contributed by atoms with Gasteiger partial charge in [0.15, 0.2) is 0 Å². The molecule has 0 aliphatic heterocycles. The van der Waals surface area contributed by atoms with Crippen molar-refractivity contribution in [2.24, 2.45) is 5.73 Å². The van der Waals surface area contributed by atoms with Gasteiger partial charge in [0.05, 0.1) is 12.1 Å². The molecule has 1 aromatic rings. The van der Waals surface area contributed by atoms with Crippen molar-refractivity contribution in [3.05, 3.63) is 29.8 Å². The molecule has 0 heterocycles. The molecule has 0 saturated carbocycles. The number of rotatable bonds is 7. The molecule has 1 amide bonds. The third kappa shape index (κ3) is 5.79. The summed E-state index contributed by atoms with van der Waals surface area (Å²) in [6.45, 7) is 4.22. The van der Waals surface area contributed by atoms with Crippen LogP contribution in [0.3, 0.4) is 0 Å². The standard InChI is InChI=1S/C15H23N3O2S/c1-10(19)7-8-18(3)11(2)15(20)17-13-6-4-5-12(9-13)14(16)21/h4-6,9-11,19H,7-8H2,1-3H3,(H2,16,21)(H,17,20). The number of hydrogen-bond acceptors (Lipinski definition) is 4. The first-order valence-electron chi connectivity index (χ1n) is 6.90. The van der Waals surface area contributed by atoms with Crippen molar-refractivity contribution < 1.29 is 9.90 Å². The summed E-state index contributed by atoms with van der Waals surface area (Å²) in [5.74, 6) is -0.108. The number of nitrogens with one attached hydrogen (secondary N) is 1. The van der Waals surface area contributed by atoms with Gasteiger partial charge in [0, 0.05) is 17.8 Å². The van der Waals surface area contributed by atoms with Crippen LogP contribution >= 0.6 is 12.2 Å². The number of nitrogens with zero attached hydrogens (tertiary/aromatic N) is 1. The van der Waals surface area contributed by atoms with Gasteiger partial charge in [0.1, 0.15) is 4.99 Å². The Balaban J connectivity index is 2.63. The minimum atomic E-state index is -0.370. The molecular weight excluding hydrogens is 286 g/mol. The second kappa shape index (κ2) is 8.07. The van der Waals surface area contributed by atoms with Gasteiger partial charge in [-0.1, -0.05) is 24.4 Å². The highest BCUT2D eigenvalue weighted by Crippen LogP contribution is 2.12. The molecule has 0 aromatic heterocycles. The zero-order chi connectivity index (χ0) is 16.0. The summed E-state index contributed by atoms with van der Waals surface area (Å²) < 4.78 is 0. The molecule has 0 radical (unpaired) electrons. The lowest BCUT2D eigenvalue weighted by Crippen LogP contribution is -2.40. The predicted octanol–water partition coefficient (Wildman–Crippen LogP) is 1.35. The number of anilines is 1. The lowest BCUT2D eigenvalue weighted by molar-refractivity contribution is -0.120. The van der Waals surface area contributed by atoms with Gasteiger partial charge in [-0.3, -0.25) is 9.69 Å². The van der Waals surface area contributed by atoms with Crippen LogP contribution in [0.1, 0.15) is 25.8 Å². The number of carbonyl (C=O) groups is 1. The van der Waals surface area contributed by atoms with E-state index in [2.05, 4.69) is 5.32 Å². The SMILES string of the molecule is CC(O)CCN(C)C(C)C(=O)Nc1cccc(C(N)=S)c1. The minimum absolute atomic E-state index is 0.108. The number of benzene rings is 1. The number of hydrogen-bond donors (Lipinski definition) is 3. The molecule has 0 aliphatic rings. The molecule has 21 heavy (non-hydrogen) atoms. The summed E-state index contributed by atoms with van der Waals surface area (Å²) in [6, 6.07) is 6.85. The predicted molar refractivity (Wildman–Crippen MR) is 89.3 cm³/mol. The lowest BCUT2D eigenvalue weighted by atomic mass is 10.2. The van der Waals surface area contributed by atoms with E-state index in [9.17, 15) is 9.90 Å². The van der Waals surface area contributed by atoms with E-state index in [4.69, 9.17) is 18.0 Å². The molecule has 0 bridgehead atoms. The van der Waals surface area contributed by atoms with Crippen molar-refractivity contribution in [1.29, 1.82) is 0 Å². The second-order valence-corrected chi connectivity index (χ2v) is 5.67. The maximum atomic E-state index is 12.2. The van der Waals surface area contributed by atoms with Crippen LogP contribution in [0.15, 0.2) is 24.3 Å². The summed E-state index contributed by atoms with van der Waals surface area (Å²) in [5, 5.41) is 12.1. The molecule has 0 saturated heterocycles. The van der Waals surface area contributed by atoms with E-state index >= 15 is 0 Å². The smallest absolute Gasteiger partial charge is 0.241 e. The Labute approximate surface area is 131 Å². The highest BCUT2D eigenvalue weighted by atomic mass is 32.1. The third-order valence-electron chi connectivity index (χ3n) is 3.35. The number of likely N-dealkylation sites (N-methyl/N-ethyl adjacent to an activating group) is 1. The fourth-order valence-electron chi connectivity index (χ4n) is 1.78. The van der Waals surface area contributed by atoms with E-state index in [1.807, 2.05) is 18.9 Å². The first-order chi connectivity index (χ1) is 9.81. The Morgan fingerprint density at radius 3 is 2.71 bits per heavy atom. The molecule has 4 N–H and O–H groups in total. The van der Waals surface area contributed by atoms with E-state index in [0.717, 1.165) is 5.56 Å². The molecule has 6 heteroatoms. The number of aliphatic hydroxyl groups excluding tert-OH is 1. The van der Waals surface area contributed by atoms with Crippen molar-refractivity contribution >= 4 is 28.8 Å². The fraction of sp³-hybridized carbons (Fsp3) is 0.467. The van der Waals surface area contributed by atoms with Crippen LogP contribution in [0, 0.1) is 0 Å². The van der Waals surface area contributed by atoms with Crippen molar-refractivity contribution in [3.63, 3.8) is 0 Å². The summed E-state index contributed by atoms with van der Waals surface area (Å²) in [4.78, 5) is 14.4. The van der Waals surface area contributed by atoms with Crippen LogP contribution in [-0.2, 0) is 4.79 Å². The molecule has 1 rings (SSSR count). The van der Waals surface area contributed by atoms with Gasteiger partial charge in [-0.05, 0) is 39.4 Å². The molecule has 1 aromatic carbocycles. The van der Waals surface area contributed by atoms with E-state index in [-0.39, 0.29) is 18.1 Å². The maximum absolute atomic E-state index is 12.2. The molecule has 116 valence electrons. The molecule has 2 unspecified atom stereocenters. The minimum Gasteiger partial charge on any atom is -0.393 e. The van der Waals surface area contributed by atoms with Gasteiger partial charge in [0.25, 0.3) is 0 Å². The van der Waals surface area contributed by atoms with Crippen LogP contribution in [-0.4, -0.2) is 46.6 Å². The van der Waals surface area contributed by atoms with Gasteiger partial charge in [-0.2, -0.15) is 0 Å². The average molecular weight is 309 g/mol. The van der Waals surface area contributed by atoms with E-state index in [0.29, 0.717) is 23.6 Å². The molecule has 0 fully saturated rings. The van der Waals surface area contributed by atoms with Gasteiger partial charge in [-0.15, -0.1) is 0 Å². The van der Waals surface area contributed by atoms with Gasteiger partial charge < -0.3 is 16.2 Å². The van der Waals surface area contributed by atoms with Crippen LogP contribution in [0.4, 0.5) is 5.69 Å². The number of thiocarbonyl (C=S) groups is 1. The zero-order valence-corrected chi connectivity index (χ0v) is 13.5. The monoisotopic (exact) mass is 309 g/mol. The Morgan fingerprint density at radius 2 is 2.14 bits per heavy atom. The molecule has 0 spiro atoms. The summed E-state index contributed by atoms with van der Waals surface area (Å²) >= 11 is 4.92. The highest BCUT2D eigenvalue weighted by molar-refractivity contribution is 7.80. The Kier molecular flexibility index (Phi) is 6.74. The van der Waals surface area contributed by atoms with E-state index in [1.165, 1.54) is 0 Å². The summed E-state index contributed by atoms with van der Waals surface area (Å²) in [6.07, 6.45) is 0.260. The normalized spacial score (nSPS) is 13.8. The highest BCUT2D eigenvalue weighted by Gasteiger charge is 2.18. The third-order valence-corrected chi connectivity index (χ3v) is 3.59. The van der Waals surface area contributed by atoms with Crippen molar-refractivity contribution in [1.82, 2.24) is 4.90 Å². The maximum Gasteiger partial charge on any atom is 0.241 e. The summed E-state index contributed by atoms with van der Waals surface area (Å²) in [7, 11) is 1.86. The van der Waals surface area contributed by atoms with Crippen LogP contribution in [0.25, 0.3) is 0 Å². The van der Waals surface area contributed by atoms with Crippen molar-refractivity contribution in [3.8, 4) is 0 Å². The van der Waals surface area contributed by atoms with Crippen LogP contribution in [0.2, 0.25) is 0 Å². The number of aliphatic hydroxyl groups is 1. The van der Waals surface area contributed by atoms with E-state index in [1.54, 1.807) is 31.2 Å². The molecule has 0 aliphatic carbocycles. The van der Waals surface area contributed by atoms with Gasteiger partial charge in [0.2, 0.25) is 5.91 Å². The Morgan fingerprint density at radius 1 is 1.48 bits per heavy atom. The Hall–Kier alpha value is -1.50. The first kappa shape index (κ1) is 17.6. The molecule has 5 nitrogen and oxygen atoms in total. The first-order valence-corrected chi connectivity index (χ1v) is 7.31. The largest absolute Gasteiger partial charge is 0.393 e. The number of amides is 1. The fourth-order valence-corrected chi connectivity index (χ4v) is 1.91. The van der Waals surface area contributed by atoms with Gasteiger partial charge >= 0.3 is 0 Å². The average Bonchev–Trinajstić information content (AvgIpc) is 2.44. The van der Waals surface area contributed by atoms with Gasteiger partial charge in [-0.25, -0.2) is 0 Å². The second-order valence-electron chi connectivity index (χ2n) is 5.23. The van der Waals surface area contributed by atoms with Crippen LogP contribution in [0.5, 0.6) is 0 Å². The summed E-state index contributed by atoms with van der Waals surface area (Å²) in [5.41, 5.74) is 6.96. The van der Waals surface area contributed by atoms with E-state index < -0.39 is 0 Å². The Bertz CT molecular complexity index is 505. The molecular formula is C15H23N3O2S. The topological polar surface area (TPSA) is 78.6 Å². The number of carbonyl (C=O) groups excluding carboxylic acids is 1. The van der Waals surface area contributed by atoms with Crippen LogP contribution < -0.4 is 11.1 Å². The van der Waals surface area contributed by atoms with Crippen molar-refractivity contribution in [2.45, 2.75) is 32.4 Å². The van der Waals surface area contributed by atoms with Crippen molar-refractivity contribution in [2.75, 3.05) is 18.9 Å². The lowest BCUT2D eigenvalue weighted by Gasteiger charge is -2.24.